The standard InChI is InChI=1S/C74H144O17P2/c1-8-9-10-11-12-24-34-41-48-55-71(76)84-61-69(90-74(79)58-51-44-37-30-23-17-20-27-33-40-47-54-67(6)7)63-88-92(80,81)86-59-68(75)60-87-93(82,83)89-64-70(62-85-72(77)56-49-42-35-28-22-16-19-26-32-39-46-53-66(4)5)91-73(78)57-50-43-36-29-21-15-13-14-18-25-31-38-45-52-65(2)3/h65-70,75H,8-64H2,1-7H3,(H,80,81)(H,82,83)/t68-,69+,70+/m0/s1. The number of aliphatic hydroxyl groups excluding tert-OH is 1. The summed E-state index contributed by atoms with van der Waals surface area (Å²) < 4.78 is 68.4. The van der Waals surface area contributed by atoms with Gasteiger partial charge in [-0.05, 0) is 43.4 Å². The maximum absolute atomic E-state index is 13.1. The van der Waals surface area contributed by atoms with Crippen molar-refractivity contribution >= 4 is 39.5 Å². The van der Waals surface area contributed by atoms with E-state index in [4.69, 9.17) is 37.0 Å². The van der Waals surface area contributed by atoms with Gasteiger partial charge in [-0.15, -0.1) is 0 Å². The van der Waals surface area contributed by atoms with E-state index in [-0.39, 0.29) is 25.7 Å². The van der Waals surface area contributed by atoms with Crippen molar-refractivity contribution in [3.8, 4) is 0 Å². The summed E-state index contributed by atoms with van der Waals surface area (Å²) in [6, 6.07) is 0. The van der Waals surface area contributed by atoms with E-state index in [2.05, 4.69) is 48.5 Å². The van der Waals surface area contributed by atoms with Crippen molar-refractivity contribution in [2.24, 2.45) is 17.8 Å². The monoisotopic (exact) mass is 1370 g/mol. The third-order valence-electron chi connectivity index (χ3n) is 17.1. The number of hydrogen-bond donors (Lipinski definition) is 3. The van der Waals surface area contributed by atoms with Crippen molar-refractivity contribution in [1.29, 1.82) is 0 Å². The lowest BCUT2D eigenvalue weighted by Crippen LogP contribution is -2.30. The van der Waals surface area contributed by atoms with E-state index in [1.165, 1.54) is 186 Å². The predicted octanol–water partition coefficient (Wildman–Crippen LogP) is 21.4. The first kappa shape index (κ1) is 91.1. The molecule has 0 bridgehead atoms. The van der Waals surface area contributed by atoms with E-state index in [0.29, 0.717) is 25.7 Å². The second-order valence-electron chi connectivity index (χ2n) is 28.1. The molecule has 0 aliphatic heterocycles. The number of aliphatic hydroxyl groups is 1. The third-order valence-corrected chi connectivity index (χ3v) is 19.0. The Morgan fingerprint density at radius 1 is 0.290 bits per heavy atom. The van der Waals surface area contributed by atoms with Crippen molar-refractivity contribution in [2.45, 2.75) is 394 Å². The van der Waals surface area contributed by atoms with Crippen molar-refractivity contribution in [3.05, 3.63) is 0 Å². The van der Waals surface area contributed by atoms with Crippen LogP contribution in [0.2, 0.25) is 0 Å². The minimum Gasteiger partial charge on any atom is -0.462 e. The number of phosphoric acid groups is 2. The summed E-state index contributed by atoms with van der Waals surface area (Å²) in [6.45, 7) is 11.9. The number of unbranched alkanes of at least 4 members (excludes halogenated alkanes) is 40. The number of esters is 4. The topological polar surface area (TPSA) is 237 Å². The van der Waals surface area contributed by atoms with Crippen molar-refractivity contribution in [1.82, 2.24) is 0 Å². The predicted molar refractivity (Wildman–Crippen MR) is 377 cm³/mol. The van der Waals surface area contributed by atoms with Crippen LogP contribution in [0.5, 0.6) is 0 Å². The van der Waals surface area contributed by atoms with Gasteiger partial charge in [-0.3, -0.25) is 37.3 Å². The maximum Gasteiger partial charge on any atom is 0.472 e. The zero-order valence-electron chi connectivity index (χ0n) is 60.7. The van der Waals surface area contributed by atoms with Crippen LogP contribution in [0, 0.1) is 17.8 Å². The van der Waals surface area contributed by atoms with Crippen LogP contribution in [0.1, 0.15) is 376 Å². The second-order valence-corrected chi connectivity index (χ2v) is 31.0. The molecule has 0 saturated carbocycles. The maximum atomic E-state index is 13.1. The molecular formula is C74H144O17P2. The van der Waals surface area contributed by atoms with Gasteiger partial charge < -0.3 is 33.8 Å². The molecule has 0 radical (unpaired) electrons. The van der Waals surface area contributed by atoms with Gasteiger partial charge in [0.15, 0.2) is 12.2 Å². The Labute approximate surface area is 568 Å². The fourth-order valence-corrected chi connectivity index (χ4v) is 12.8. The highest BCUT2D eigenvalue weighted by molar-refractivity contribution is 7.47. The van der Waals surface area contributed by atoms with Gasteiger partial charge in [-0.25, -0.2) is 9.13 Å². The van der Waals surface area contributed by atoms with Gasteiger partial charge in [0.05, 0.1) is 26.4 Å². The van der Waals surface area contributed by atoms with Gasteiger partial charge in [0.1, 0.15) is 19.3 Å². The molecule has 0 saturated heterocycles. The molecular weight excluding hydrogens is 1220 g/mol. The molecule has 17 nitrogen and oxygen atoms in total. The Bertz CT molecular complexity index is 1820. The molecule has 552 valence electrons. The number of carbonyl (C=O) groups excluding carboxylic acids is 4. The lowest BCUT2D eigenvalue weighted by Gasteiger charge is -2.21. The van der Waals surface area contributed by atoms with Crippen LogP contribution in [0.15, 0.2) is 0 Å². The van der Waals surface area contributed by atoms with Crippen LogP contribution in [0.4, 0.5) is 0 Å². The van der Waals surface area contributed by atoms with Crippen LogP contribution in [-0.2, 0) is 65.4 Å². The Hall–Kier alpha value is -1.94. The molecule has 93 heavy (non-hydrogen) atoms. The van der Waals surface area contributed by atoms with Crippen molar-refractivity contribution in [2.75, 3.05) is 39.6 Å². The van der Waals surface area contributed by atoms with Gasteiger partial charge >= 0.3 is 39.5 Å². The first-order valence-electron chi connectivity index (χ1n) is 38.3. The van der Waals surface area contributed by atoms with E-state index >= 15 is 0 Å². The van der Waals surface area contributed by atoms with Gasteiger partial charge in [0, 0.05) is 25.7 Å². The molecule has 0 fully saturated rings. The summed E-state index contributed by atoms with van der Waals surface area (Å²) in [7, 11) is -9.91. The highest BCUT2D eigenvalue weighted by Crippen LogP contribution is 2.45. The molecule has 3 N–H and O–H groups in total. The average Bonchev–Trinajstić information content (AvgIpc) is 1.38. The average molecular weight is 1370 g/mol. The minimum absolute atomic E-state index is 0.106. The smallest absolute Gasteiger partial charge is 0.462 e. The van der Waals surface area contributed by atoms with Gasteiger partial charge in [0.25, 0.3) is 0 Å². The molecule has 5 atom stereocenters. The van der Waals surface area contributed by atoms with E-state index < -0.39 is 97.5 Å². The van der Waals surface area contributed by atoms with Gasteiger partial charge in [0.2, 0.25) is 0 Å². The highest BCUT2D eigenvalue weighted by atomic mass is 31.2. The molecule has 0 heterocycles. The van der Waals surface area contributed by atoms with Crippen molar-refractivity contribution < 1.29 is 80.2 Å². The largest absolute Gasteiger partial charge is 0.472 e. The normalized spacial score (nSPS) is 14.1. The molecule has 0 aromatic heterocycles. The Balaban J connectivity index is 5.24. The number of carbonyl (C=O) groups is 4. The summed E-state index contributed by atoms with van der Waals surface area (Å²) in [5, 5.41) is 10.6. The lowest BCUT2D eigenvalue weighted by molar-refractivity contribution is -0.161. The van der Waals surface area contributed by atoms with Crippen LogP contribution >= 0.6 is 15.6 Å². The quantitative estimate of drug-likeness (QED) is 0.0222. The zero-order chi connectivity index (χ0) is 68.7. The first-order valence-corrected chi connectivity index (χ1v) is 41.3. The molecule has 0 amide bonds. The Morgan fingerprint density at radius 2 is 0.495 bits per heavy atom. The first-order chi connectivity index (χ1) is 44.7. The lowest BCUT2D eigenvalue weighted by atomic mass is 10.0. The number of rotatable bonds is 72. The zero-order valence-corrected chi connectivity index (χ0v) is 62.5. The second kappa shape index (κ2) is 64.7. The van der Waals surface area contributed by atoms with Crippen LogP contribution in [-0.4, -0.2) is 96.7 Å². The van der Waals surface area contributed by atoms with E-state index in [1.54, 1.807) is 0 Å². The van der Waals surface area contributed by atoms with Gasteiger partial charge in [-0.1, -0.05) is 325 Å². The van der Waals surface area contributed by atoms with Crippen LogP contribution in [0.25, 0.3) is 0 Å². The van der Waals surface area contributed by atoms with Crippen LogP contribution < -0.4 is 0 Å². The van der Waals surface area contributed by atoms with E-state index in [1.807, 2.05) is 0 Å². The molecule has 0 aliphatic rings. The molecule has 19 heteroatoms. The minimum atomic E-state index is -4.96. The summed E-state index contributed by atoms with van der Waals surface area (Å²) >= 11 is 0. The Morgan fingerprint density at radius 3 is 0.731 bits per heavy atom. The molecule has 2 unspecified atom stereocenters. The molecule has 0 spiro atoms. The number of ether oxygens (including phenoxy) is 4. The third kappa shape index (κ3) is 68.4. The summed E-state index contributed by atoms with van der Waals surface area (Å²) in [4.78, 5) is 72.7. The summed E-state index contributed by atoms with van der Waals surface area (Å²) in [5.74, 6) is 0.203. The fraction of sp³-hybridized carbons (Fsp3) is 0.946. The molecule has 0 rings (SSSR count). The number of hydrogen-bond acceptors (Lipinski definition) is 15. The van der Waals surface area contributed by atoms with Crippen molar-refractivity contribution in [3.63, 3.8) is 0 Å². The SMILES string of the molecule is CCCCCCCCCCCC(=O)OC[C@H](COP(=O)(O)OC[C@H](O)COP(=O)(O)OC[C@@H](COC(=O)CCCCCCCCCCCCCC(C)C)OC(=O)CCCCCCCCCCCCCCCC(C)C)OC(=O)CCCCCCCCCCCCCC(C)C. The molecule has 0 aliphatic carbocycles. The molecule has 0 aromatic carbocycles. The van der Waals surface area contributed by atoms with Gasteiger partial charge in [-0.2, -0.15) is 0 Å². The van der Waals surface area contributed by atoms with E-state index in [0.717, 1.165) is 108 Å². The van der Waals surface area contributed by atoms with E-state index in [9.17, 15) is 43.2 Å². The summed E-state index contributed by atoms with van der Waals surface area (Å²) in [6.07, 6.45) is 49.9. The van der Waals surface area contributed by atoms with Crippen LogP contribution in [0.3, 0.4) is 0 Å². The molecule has 0 aromatic rings. The summed E-state index contributed by atoms with van der Waals surface area (Å²) in [5.41, 5.74) is 0. The number of phosphoric ester groups is 2. The highest BCUT2D eigenvalue weighted by Gasteiger charge is 2.30. The fourth-order valence-electron chi connectivity index (χ4n) is 11.2. The Kier molecular flexibility index (Phi) is 63.4.